The third-order valence-electron chi connectivity index (χ3n) is 4.91. The maximum Gasteiger partial charge on any atom is 0.337 e. The zero-order chi connectivity index (χ0) is 21.7. The van der Waals surface area contributed by atoms with Gasteiger partial charge < -0.3 is 14.7 Å². The molecule has 8 nitrogen and oxygen atoms in total. The molecule has 1 aliphatic rings. The summed E-state index contributed by atoms with van der Waals surface area (Å²) < 4.78 is 32.6. The molecule has 1 atom stereocenters. The lowest BCUT2D eigenvalue weighted by Gasteiger charge is -2.34. The number of sulfonamides is 1. The van der Waals surface area contributed by atoms with E-state index in [0.29, 0.717) is 31.8 Å². The first kappa shape index (κ1) is 21.6. The molecule has 0 amide bonds. The molecule has 1 saturated heterocycles. The molecular formula is C21H24N2O6S. The Morgan fingerprint density at radius 2 is 1.93 bits per heavy atom. The van der Waals surface area contributed by atoms with Crippen molar-refractivity contribution in [3.8, 4) is 0 Å². The Balaban J connectivity index is 1.85. The van der Waals surface area contributed by atoms with Gasteiger partial charge in [0.05, 0.1) is 28.7 Å². The molecule has 0 aromatic heterocycles. The molecule has 1 fully saturated rings. The predicted molar refractivity (Wildman–Crippen MR) is 112 cm³/mol. The number of hydrogen-bond donors (Lipinski definition) is 2. The number of carbonyl (C=O) groups excluding carboxylic acids is 1. The van der Waals surface area contributed by atoms with E-state index < -0.39 is 16.0 Å². The molecule has 0 bridgehead atoms. The second-order valence-corrected chi connectivity index (χ2v) is 8.68. The summed E-state index contributed by atoms with van der Waals surface area (Å²) in [7, 11) is -3.84. The molecule has 9 heteroatoms. The number of carboxylic acids is 1. The smallest absolute Gasteiger partial charge is 0.337 e. The van der Waals surface area contributed by atoms with E-state index in [1.54, 1.807) is 31.2 Å². The van der Waals surface area contributed by atoms with Gasteiger partial charge in [0.15, 0.2) is 0 Å². The highest BCUT2D eigenvalue weighted by atomic mass is 32.2. The first-order valence-corrected chi connectivity index (χ1v) is 11.2. The maximum atomic E-state index is 12.5. The van der Waals surface area contributed by atoms with Gasteiger partial charge in [-0.05, 0) is 50.1 Å². The van der Waals surface area contributed by atoms with Crippen LogP contribution in [-0.4, -0.2) is 45.2 Å². The van der Waals surface area contributed by atoms with Crippen LogP contribution in [0.25, 0.3) is 0 Å². The van der Waals surface area contributed by atoms with Crippen LogP contribution in [0, 0.1) is 5.92 Å². The van der Waals surface area contributed by atoms with Crippen molar-refractivity contribution in [3.05, 3.63) is 54.1 Å². The van der Waals surface area contributed by atoms with Crippen molar-refractivity contribution < 1.29 is 27.9 Å². The zero-order valence-corrected chi connectivity index (χ0v) is 17.4. The number of aromatic carboxylic acids is 1. The number of rotatable bonds is 7. The summed E-state index contributed by atoms with van der Waals surface area (Å²) in [5.74, 6) is -1.79. The van der Waals surface area contributed by atoms with Crippen LogP contribution < -0.4 is 9.62 Å². The molecule has 2 N–H and O–H groups in total. The highest BCUT2D eigenvalue weighted by molar-refractivity contribution is 7.92. The van der Waals surface area contributed by atoms with E-state index in [-0.39, 0.29) is 28.0 Å². The number of piperidine rings is 1. The van der Waals surface area contributed by atoms with Gasteiger partial charge in [0.2, 0.25) is 0 Å². The largest absolute Gasteiger partial charge is 0.478 e. The van der Waals surface area contributed by atoms with E-state index in [0.717, 1.165) is 6.42 Å². The van der Waals surface area contributed by atoms with Crippen LogP contribution in [0.5, 0.6) is 0 Å². The van der Waals surface area contributed by atoms with E-state index in [4.69, 9.17) is 4.74 Å². The molecule has 0 radical (unpaired) electrons. The zero-order valence-electron chi connectivity index (χ0n) is 16.6. The molecule has 3 rings (SSSR count). The lowest BCUT2D eigenvalue weighted by Crippen LogP contribution is -2.40. The summed E-state index contributed by atoms with van der Waals surface area (Å²) in [4.78, 5) is 25.9. The third-order valence-corrected chi connectivity index (χ3v) is 6.31. The van der Waals surface area contributed by atoms with Gasteiger partial charge in [-0.2, -0.15) is 0 Å². The molecule has 1 heterocycles. The molecule has 0 spiro atoms. The van der Waals surface area contributed by atoms with Crippen molar-refractivity contribution in [2.75, 3.05) is 29.3 Å². The lowest BCUT2D eigenvalue weighted by molar-refractivity contribution is -0.148. The highest BCUT2D eigenvalue weighted by Crippen LogP contribution is 2.30. The first-order chi connectivity index (χ1) is 14.3. The van der Waals surface area contributed by atoms with Crippen LogP contribution in [0.2, 0.25) is 0 Å². The number of carboxylic acid groups (broad SMARTS) is 1. The number of benzene rings is 2. The Kier molecular flexibility index (Phi) is 6.61. The second kappa shape index (κ2) is 9.17. The fourth-order valence-corrected chi connectivity index (χ4v) is 4.58. The number of anilines is 2. The summed E-state index contributed by atoms with van der Waals surface area (Å²) in [5.41, 5.74) is 0.561. The Labute approximate surface area is 175 Å². The number of hydrogen-bond acceptors (Lipinski definition) is 6. The predicted octanol–water partition coefficient (Wildman–Crippen LogP) is 2.97. The van der Waals surface area contributed by atoms with Gasteiger partial charge >= 0.3 is 11.9 Å². The van der Waals surface area contributed by atoms with Crippen LogP contribution in [0.4, 0.5) is 11.4 Å². The standard InChI is InChI=1S/C21H24N2O6S/c1-2-29-21(26)15-7-6-12-23(14-15)19-11-10-16(13-18(19)20(24)25)22-30(27,28)17-8-4-3-5-9-17/h3-5,8-11,13,15,22H,2,6-7,12,14H2,1H3,(H,24,25). The molecule has 2 aromatic rings. The summed E-state index contributed by atoms with van der Waals surface area (Å²) >= 11 is 0. The van der Waals surface area contributed by atoms with Crippen LogP contribution >= 0.6 is 0 Å². The van der Waals surface area contributed by atoms with Crippen molar-refractivity contribution in [2.24, 2.45) is 5.92 Å². The quantitative estimate of drug-likeness (QED) is 0.647. The SMILES string of the molecule is CCOC(=O)C1CCCN(c2ccc(NS(=O)(=O)c3ccccc3)cc2C(=O)O)C1. The average molecular weight is 432 g/mol. The summed E-state index contributed by atoms with van der Waals surface area (Å²) in [6.45, 7) is 3.00. The Bertz CT molecular complexity index is 1020. The summed E-state index contributed by atoms with van der Waals surface area (Å²) in [6.07, 6.45) is 1.41. The van der Waals surface area contributed by atoms with Gasteiger partial charge in [0.25, 0.3) is 10.0 Å². The van der Waals surface area contributed by atoms with E-state index in [2.05, 4.69) is 4.72 Å². The van der Waals surface area contributed by atoms with Crippen molar-refractivity contribution in [1.82, 2.24) is 0 Å². The summed E-state index contributed by atoms with van der Waals surface area (Å²) in [6, 6.07) is 12.2. The molecule has 1 aliphatic heterocycles. The number of nitrogens with one attached hydrogen (secondary N) is 1. The number of esters is 1. The summed E-state index contributed by atoms with van der Waals surface area (Å²) in [5, 5.41) is 9.70. The van der Waals surface area contributed by atoms with E-state index >= 15 is 0 Å². The Morgan fingerprint density at radius 1 is 1.20 bits per heavy atom. The van der Waals surface area contributed by atoms with E-state index in [1.165, 1.54) is 24.3 Å². The van der Waals surface area contributed by atoms with Gasteiger partial charge in [0.1, 0.15) is 0 Å². The maximum absolute atomic E-state index is 12.5. The van der Waals surface area contributed by atoms with Crippen molar-refractivity contribution in [3.63, 3.8) is 0 Å². The molecule has 1 unspecified atom stereocenters. The minimum Gasteiger partial charge on any atom is -0.478 e. The Hall–Kier alpha value is -3.07. The lowest BCUT2D eigenvalue weighted by atomic mass is 9.97. The number of ether oxygens (including phenoxy) is 1. The first-order valence-electron chi connectivity index (χ1n) is 9.68. The highest BCUT2D eigenvalue weighted by Gasteiger charge is 2.29. The minimum atomic E-state index is -3.84. The van der Waals surface area contributed by atoms with Gasteiger partial charge in [-0.3, -0.25) is 9.52 Å². The molecule has 0 saturated carbocycles. The van der Waals surface area contributed by atoms with E-state index in [1.807, 2.05) is 4.90 Å². The van der Waals surface area contributed by atoms with Crippen molar-refractivity contribution >= 4 is 33.3 Å². The van der Waals surface area contributed by atoms with Gasteiger partial charge in [-0.15, -0.1) is 0 Å². The van der Waals surface area contributed by atoms with Crippen LogP contribution in [0.15, 0.2) is 53.4 Å². The minimum absolute atomic E-state index is 0.0345. The molecule has 160 valence electrons. The van der Waals surface area contributed by atoms with E-state index in [9.17, 15) is 23.1 Å². The average Bonchev–Trinajstić information content (AvgIpc) is 2.74. The van der Waals surface area contributed by atoms with Gasteiger partial charge in [-0.25, -0.2) is 13.2 Å². The normalized spacial score (nSPS) is 16.7. The molecular weight excluding hydrogens is 408 g/mol. The second-order valence-electron chi connectivity index (χ2n) is 6.99. The van der Waals surface area contributed by atoms with Gasteiger partial charge in [-0.1, -0.05) is 18.2 Å². The van der Waals surface area contributed by atoms with Crippen molar-refractivity contribution in [2.45, 2.75) is 24.7 Å². The molecule has 30 heavy (non-hydrogen) atoms. The topological polar surface area (TPSA) is 113 Å². The van der Waals surface area contributed by atoms with Crippen molar-refractivity contribution in [1.29, 1.82) is 0 Å². The van der Waals surface area contributed by atoms with Crippen LogP contribution in [-0.2, 0) is 19.6 Å². The monoisotopic (exact) mass is 432 g/mol. The van der Waals surface area contributed by atoms with Gasteiger partial charge in [0, 0.05) is 18.8 Å². The third kappa shape index (κ3) is 4.91. The number of nitrogens with zero attached hydrogens (tertiary/aromatic N) is 1. The van der Waals surface area contributed by atoms with Crippen LogP contribution in [0.1, 0.15) is 30.1 Å². The van der Waals surface area contributed by atoms with Crippen LogP contribution in [0.3, 0.4) is 0 Å². The fourth-order valence-electron chi connectivity index (χ4n) is 3.51. The fraction of sp³-hybridized carbons (Fsp3) is 0.333. The molecule has 0 aliphatic carbocycles. The number of carbonyl (C=O) groups is 2. The Morgan fingerprint density at radius 3 is 2.60 bits per heavy atom. The molecule has 2 aromatic carbocycles.